The summed E-state index contributed by atoms with van der Waals surface area (Å²) in [6, 6.07) is 24.2. The van der Waals surface area contributed by atoms with Gasteiger partial charge in [-0.3, -0.25) is 14.4 Å². The molecule has 218 valence electrons. The van der Waals surface area contributed by atoms with Gasteiger partial charge < -0.3 is 21.1 Å². The van der Waals surface area contributed by atoms with Crippen LogP contribution in [0.25, 0.3) is 6.08 Å². The van der Waals surface area contributed by atoms with E-state index < -0.39 is 17.8 Å². The summed E-state index contributed by atoms with van der Waals surface area (Å²) in [5.74, 6) is -2.55. The lowest BCUT2D eigenvalue weighted by molar-refractivity contribution is -0.114. The molecule has 43 heavy (non-hydrogen) atoms. The molecular formula is C31H22Cl3N3O5S. The third kappa shape index (κ3) is 9.10. The van der Waals surface area contributed by atoms with E-state index in [1.54, 1.807) is 66.7 Å². The highest BCUT2D eigenvalue weighted by Gasteiger charge is 2.16. The molecule has 8 nitrogen and oxygen atoms in total. The summed E-state index contributed by atoms with van der Waals surface area (Å²) < 4.78 is 0. The Labute approximate surface area is 266 Å². The summed E-state index contributed by atoms with van der Waals surface area (Å²) in [4.78, 5) is 50.5. The van der Waals surface area contributed by atoms with Gasteiger partial charge in [-0.1, -0.05) is 59.1 Å². The molecule has 0 aliphatic rings. The van der Waals surface area contributed by atoms with Crippen LogP contribution in [0.5, 0.6) is 0 Å². The van der Waals surface area contributed by atoms with Crippen LogP contribution in [0, 0.1) is 0 Å². The predicted molar refractivity (Wildman–Crippen MR) is 171 cm³/mol. The molecule has 4 rings (SSSR count). The van der Waals surface area contributed by atoms with Gasteiger partial charge in [0, 0.05) is 31.9 Å². The highest BCUT2D eigenvalue weighted by atomic mass is 35.5. The molecule has 12 heteroatoms. The minimum atomic E-state index is -1.20. The zero-order chi connectivity index (χ0) is 30.9. The first-order chi connectivity index (χ1) is 20.6. The van der Waals surface area contributed by atoms with Crippen LogP contribution in [0.3, 0.4) is 0 Å². The number of hydrogen-bond acceptors (Lipinski definition) is 5. The smallest absolute Gasteiger partial charge is 0.337 e. The van der Waals surface area contributed by atoms with Crippen LogP contribution in [0.2, 0.25) is 15.1 Å². The molecule has 0 atom stereocenters. The van der Waals surface area contributed by atoms with Crippen LogP contribution in [-0.2, 0) is 9.59 Å². The Bertz CT molecular complexity index is 1710. The van der Waals surface area contributed by atoms with Gasteiger partial charge in [0.2, 0.25) is 5.91 Å². The summed E-state index contributed by atoms with van der Waals surface area (Å²) in [5, 5.41) is 18.0. The first-order valence-corrected chi connectivity index (χ1v) is 14.6. The third-order valence-electron chi connectivity index (χ3n) is 5.75. The van der Waals surface area contributed by atoms with Gasteiger partial charge in [-0.25, -0.2) is 4.79 Å². The number of anilines is 2. The standard InChI is InChI=1S/C31H22Cl3N3O5S/c32-20-7-6-19(26(34)15-20)14-27(37-29(39)18-4-2-1-3-5-18)30(40)36-21-8-11-23(12-9-21)43-17-28(38)35-22-10-13-25(33)24(16-22)31(41)42/h1-16H,17H2,(H,35,38)(H,36,40)(H,37,39)(H,41,42)/b27-14-. The average Bonchev–Trinajstić information content (AvgIpc) is 2.99. The van der Waals surface area contributed by atoms with Crippen molar-refractivity contribution in [2.75, 3.05) is 16.4 Å². The van der Waals surface area contributed by atoms with Gasteiger partial charge in [-0.2, -0.15) is 0 Å². The lowest BCUT2D eigenvalue weighted by Crippen LogP contribution is -2.30. The SMILES string of the molecule is O=C(CSc1ccc(NC(=O)/C(=C/c2ccc(Cl)cc2Cl)NC(=O)c2ccccc2)cc1)Nc1ccc(Cl)c(C(=O)O)c1. The molecule has 0 aliphatic heterocycles. The van der Waals surface area contributed by atoms with Crippen molar-refractivity contribution in [2.24, 2.45) is 0 Å². The number of carbonyl (C=O) groups excluding carboxylic acids is 3. The third-order valence-corrected chi connectivity index (χ3v) is 7.66. The van der Waals surface area contributed by atoms with Crippen LogP contribution in [0.1, 0.15) is 26.3 Å². The zero-order valence-electron chi connectivity index (χ0n) is 22.1. The Balaban J connectivity index is 1.41. The Kier molecular flexibility index (Phi) is 10.9. The molecule has 0 radical (unpaired) electrons. The van der Waals surface area contributed by atoms with Gasteiger partial charge in [0.15, 0.2) is 0 Å². The van der Waals surface area contributed by atoms with Crippen molar-refractivity contribution < 1.29 is 24.3 Å². The molecular weight excluding hydrogens is 633 g/mol. The number of amides is 3. The molecule has 0 fully saturated rings. The van der Waals surface area contributed by atoms with Crippen molar-refractivity contribution in [3.8, 4) is 0 Å². The van der Waals surface area contributed by atoms with Crippen LogP contribution in [0.15, 0.2) is 102 Å². The van der Waals surface area contributed by atoms with Crippen LogP contribution >= 0.6 is 46.6 Å². The van der Waals surface area contributed by atoms with Crippen LogP contribution in [-0.4, -0.2) is 34.6 Å². The molecule has 0 unspecified atom stereocenters. The van der Waals surface area contributed by atoms with Gasteiger partial charge in [0.1, 0.15) is 5.70 Å². The van der Waals surface area contributed by atoms with E-state index >= 15 is 0 Å². The minimum absolute atomic E-state index is 0.0403. The number of aromatic carboxylic acids is 1. The number of carboxylic acid groups (broad SMARTS) is 1. The van der Waals surface area contributed by atoms with E-state index in [0.717, 1.165) is 4.90 Å². The van der Waals surface area contributed by atoms with Gasteiger partial charge in [0.05, 0.1) is 16.3 Å². The Hall–Kier alpha value is -4.28. The van der Waals surface area contributed by atoms with E-state index in [1.807, 2.05) is 0 Å². The second kappa shape index (κ2) is 14.8. The van der Waals surface area contributed by atoms with Gasteiger partial charge in [-0.15, -0.1) is 11.8 Å². The molecule has 0 bridgehead atoms. The maximum absolute atomic E-state index is 13.3. The van der Waals surface area contributed by atoms with E-state index in [0.29, 0.717) is 32.5 Å². The number of benzene rings is 4. The maximum Gasteiger partial charge on any atom is 0.337 e. The normalized spacial score (nSPS) is 11.0. The molecule has 3 amide bonds. The molecule has 0 aromatic heterocycles. The Morgan fingerprint density at radius 3 is 2.14 bits per heavy atom. The number of halogens is 3. The second-order valence-corrected chi connectivity index (χ2v) is 11.2. The molecule has 4 N–H and O–H groups in total. The molecule has 4 aromatic carbocycles. The first-order valence-electron chi connectivity index (χ1n) is 12.5. The molecule has 4 aromatic rings. The van der Waals surface area contributed by atoms with Crippen molar-refractivity contribution in [1.29, 1.82) is 0 Å². The van der Waals surface area contributed by atoms with E-state index in [9.17, 15) is 24.3 Å². The molecule has 0 aliphatic carbocycles. The Morgan fingerprint density at radius 2 is 1.47 bits per heavy atom. The monoisotopic (exact) mass is 653 g/mol. The predicted octanol–water partition coefficient (Wildman–Crippen LogP) is 7.49. The summed E-state index contributed by atoms with van der Waals surface area (Å²) in [6.45, 7) is 0. The maximum atomic E-state index is 13.3. The Morgan fingerprint density at radius 1 is 0.767 bits per heavy atom. The largest absolute Gasteiger partial charge is 0.478 e. The van der Waals surface area contributed by atoms with E-state index in [-0.39, 0.29) is 27.9 Å². The van der Waals surface area contributed by atoms with Gasteiger partial charge >= 0.3 is 5.97 Å². The number of carbonyl (C=O) groups is 4. The fraction of sp³-hybridized carbons (Fsp3) is 0.0323. The number of thioether (sulfide) groups is 1. The first kappa shape index (κ1) is 31.7. The number of hydrogen-bond donors (Lipinski definition) is 4. The summed E-state index contributed by atoms with van der Waals surface area (Å²) in [6.07, 6.45) is 1.46. The van der Waals surface area contributed by atoms with Crippen molar-refractivity contribution in [1.82, 2.24) is 5.32 Å². The summed E-state index contributed by atoms with van der Waals surface area (Å²) in [5.41, 5.74) is 1.46. The van der Waals surface area contributed by atoms with Crippen molar-refractivity contribution in [3.05, 3.63) is 128 Å². The summed E-state index contributed by atoms with van der Waals surface area (Å²) >= 11 is 19.4. The molecule has 0 spiro atoms. The van der Waals surface area contributed by atoms with E-state index in [1.165, 1.54) is 42.1 Å². The zero-order valence-corrected chi connectivity index (χ0v) is 25.2. The van der Waals surface area contributed by atoms with Crippen molar-refractivity contribution >= 4 is 87.7 Å². The lowest BCUT2D eigenvalue weighted by atomic mass is 10.1. The van der Waals surface area contributed by atoms with Crippen LogP contribution < -0.4 is 16.0 Å². The highest BCUT2D eigenvalue weighted by molar-refractivity contribution is 8.00. The number of carboxylic acids is 1. The van der Waals surface area contributed by atoms with Crippen molar-refractivity contribution in [3.63, 3.8) is 0 Å². The number of nitrogens with one attached hydrogen (secondary N) is 3. The van der Waals surface area contributed by atoms with Gasteiger partial charge in [0.25, 0.3) is 11.8 Å². The quantitative estimate of drug-likeness (QED) is 0.104. The highest BCUT2D eigenvalue weighted by Crippen LogP contribution is 2.25. The topological polar surface area (TPSA) is 125 Å². The second-order valence-electron chi connectivity index (χ2n) is 8.86. The summed E-state index contributed by atoms with van der Waals surface area (Å²) in [7, 11) is 0. The van der Waals surface area contributed by atoms with E-state index in [4.69, 9.17) is 34.8 Å². The molecule has 0 heterocycles. The fourth-order valence-electron chi connectivity index (χ4n) is 3.66. The number of rotatable bonds is 10. The van der Waals surface area contributed by atoms with E-state index in [2.05, 4.69) is 16.0 Å². The minimum Gasteiger partial charge on any atom is -0.478 e. The fourth-order valence-corrected chi connectivity index (χ4v) is 5.02. The average molecular weight is 655 g/mol. The lowest BCUT2D eigenvalue weighted by Gasteiger charge is -2.12. The van der Waals surface area contributed by atoms with Crippen LogP contribution in [0.4, 0.5) is 11.4 Å². The molecule has 0 saturated carbocycles. The van der Waals surface area contributed by atoms with Crippen molar-refractivity contribution in [2.45, 2.75) is 4.90 Å². The van der Waals surface area contributed by atoms with Gasteiger partial charge in [-0.05, 0) is 78.4 Å². The molecule has 0 saturated heterocycles.